The number of nitrogens with one attached hydrogen (secondary N) is 1. The Hall–Kier alpha value is -1.80. The third-order valence-electron chi connectivity index (χ3n) is 4.68. The largest absolute Gasteiger partial charge is 0.497 e. The molecule has 0 unspecified atom stereocenters. The molecule has 6 nitrogen and oxygen atoms in total. The van der Waals surface area contributed by atoms with Gasteiger partial charge in [-0.05, 0) is 49.6 Å². The molecule has 1 fully saturated rings. The quantitative estimate of drug-likeness (QED) is 0.755. The minimum absolute atomic E-state index is 0.140. The first-order valence-electron chi connectivity index (χ1n) is 8.66. The topological polar surface area (TPSA) is 75.7 Å². The maximum absolute atomic E-state index is 13.2. The fourth-order valence-corrected chi connectivity index (χ4v) is 5.40. The van der Waals surface area contributed by atoms with E-state index in [0.29, 0.717) is 39.9 Å². The van der Waals surface area contributed by atoms with E-state index < -0.39 is 22.0 Å². The average Bonchev–Trinajstić information content (AvgIpc) is 3.16. The third-order valence-corrected chi connectivity index (χ3v) is 7.46. The van der Waals surface area contributed by atoms with E-state index in [2.05, 4.69) is 5.32 Å². The Bertz CT molecular complexity index is 1010. The Balaban J connectivity index is 1.87. The SMILES string of the molecule is COc1ccc(C)c(S(=O)(=O)N2CCC[C@H]2C(=O)Nc2ccc(Cl)c(Cl)c2)c1. The van der Waals surface area contributed by atoms with E-state index in [4.69, 9.17) is 27.9 Å². The van der Waals surface area contributed by atoms with Crippen molar-refractivity contribution in [2.24, 2.45) is 0 Å². The van der Waals surface area contributed by atoms with Gasteiger partial charge >= 0.3 is 0 Å². The van der Waals surface area contributed by atoms with Crippen molar-refractivity contribution in [3.05, 3.63) is 52.0 Å². The smallest absolute Gasteiger partial charge is 0.244 e. The summed E-state index contributed by atoms with van der Waals surface area (Å²) in [7, 11) is -2.38. The molecule has 9 heteroatoms. The van der Waals surface area contributed by atoms with E-state index >= 15 is 0 Å². The molecule has 2 aromatic carbocycles. The Morgan fingerprint density at radius 3 is 2.61 bits per heavy atom. The normalized spacial score (nSPS) is 17.5. The second kappa shape index (κ2) is 8.29. The zero-order chi connectivity index (χ0) is 20.5. The van der Waals surface area contributed by atoms with Gasteiger partial charge in [0.05, 0.1) is 22.1 Å². The molecule has 1 aliphatic heterocycles. The molecule has 1 amide bonds. The van der Waals surface area contributed by atoms with Crippen LogP contribution in [0.4, 0.5) is 5.69 Å². The zero-order valence-corrected chi connectivity index (χ0v) is 17.7. The predicted molar refractivity (Wildman–Crippen MR) is 110 cm³/mol. The number of nitrogens with zero attached hydrogens (tertiary/aromatic N) is 1. The molecule has 0 saturated carbocycles. The fourth-order valence-electron chi connectivity index (χ4n) is 3.20. The second-order valence-electron chi connectivity index (χ2n) is 6.52. The summed E-state index contributed by atoms with van der Waals surface area (Å²) < 4.78 is 32.9. The molecule has 0 radical (unpaired) electrons. The number of halogens is 2. The van der Waals surface area contributed by atoms with Gasteiger partial charge in [-0.2, -0.15) is 4.31 Å². The molecule has 150 valence electrons. The molecule has 2 aromatic rings. The molecule has 28 heavy (non-hydrogen) atoms. The van der Waals surface area contributed by atoms with Crippen LogP contribution in [0.2, 0.25) is 10.0 Å². The Labute approximate surface area is 174 Å². The van der Waals surface area contributed by atoms with Gasteiger partial charge in [0.1, 0.15) is 11.8 Å². The highest BCUT2D eigenvalue weighted by Gasteiger charge is 2.40. The van der Waals surface area contributed by atoms with Crippen LogP contribution in [0.25, 0.3) is 0 Å². The summed E-state index contributed by atoms with van der Waals surface area (Å²) in [5, 5.41) is 3.41. The van der Waals surface area contributed by atoms with Crippen LogP contribution in [0.15, 0.2) is 41.3 Å². The lowest BCUT2D eigenvalue weighted by Crippen LogP contribution is -2.43. The van der Waals surface area contributed by atoms with Crippen LogP contribution >= 0.6 is 23.2 Å². The highest BCUT2D eigenvalue weighted by Crippen LogP contribution is 2.31. The van der Waals surface area contributed by atoms with Gasteiger partial charge in [0.2, 0.25) is 15.9 Å². The monoisotopic (exact) mass is 442 g/mol. The molecule has 0 aliphatic carbocycles. The molecule has 3 rings (SSSR count). The first-order chi connectivity index (χ1) is 13.2. The van der Waals surface area contributed by atoms with Gasteiger partial charge in [-0.3, -0.25) is 4.79 Å². The van der Waals surface area contributed by atoms with Crippen LogP contribution < -0.4 is 10.1 Å². The highest BCUT2D eigenvalue weighted by molar-refractivity contribution is 7.89. The van der Waals surface area contributed by atoms with Gasteiger partial charge in [0.15, 0.2) is 0 Å². The van der Waals surface area contributed by atoms with Gasteiger partial charge in [-0.25, -0.2) is 8.42 Å². The molecule has 1 saturated heterocycles. The van der Waals surface area contributed by atoms with Crippen LogP contribution in [0.5, 0.6) is 5.75 Å². The summed E-state index contributed by atoms with van der Waals surface area (Å²) in [6.45, 7) is 1.99. The number of sulfonamides is 1. The first kappa shape index (κ1) is 20.9. The average molecular weight is 443 g/mol. The summed E-state index contributed by atoms with van der Waals surface area (Å²) in [5.74, 6) is 0.0418. The first-order valence-corrected chi connectivity index (χ1v) is 10.9. The second-order valence-corrected chi connectivity index (χ2v) is 9.20. The summed E-state index contributed by atoms with van der Waals surface area (Å²) in [6.07, 6.45) is 1.04. The highest BCUT2D eigenvalue weighted by atomic mass is 35.5. The fraction of sp³-hybridized carbons (Fsp3) is 0.316. The molecule has 0 spiro atoms. The predicted octanol–water partition coefficient (Wildman–Crippen LogP) is 4.10. The number of ether oxygens (including phenoxy) is 1. The Morgan fingerprint density at radius 2 is 1.93 bits per heavy atom. The number of amides is 1. The number of hydrogen-bond donors (Lipinski definition) is 1. The van der Waals surface area contributed by atoms with E-state index in [0.717, 1.165) is 0 Å². The maximum Gasteiger partial charge on any atom is 0.244 e. The van der Waals surface area contributed by atoms with E-state index in [1.165, 1.54) is 23.5 Å². The number of rotatable bonds is 5. The van der Waals surface area contributed by atoms with E-state index in [1.54, 1.807) is 31.2 Å². The van der Waals surface area contributed by atoms with E-state index in [9.17, 15) is 13.2 Å². The van der Waals surface area contributed by atoms with Crippen LogP contribution in [0, 0.1) is 6.92 Å². The number of carbonyl (C=O) groups is 1. The number of aryl methyl sites for hydroxylation is 1. The molecular formula is C19H20Cl2N2O4S. The zero-order valence-electron chi connectivity index (χ0n) is 15.4. The van der Waals surface area contributed by atoms with Crippen molar-refractivity contribution >= 4 is 44.8 Å². The Kier molecular flexibility index (Phi) is 6.19. The standard InChI is InChI=1S/C19H20Cl2N2O4S/c1-12-5-7-14(27-2)11-18(12)28(25,26)23-9-3-4-17(23)19(24)22-13-6-8-15(20)16(21)10-13/h5-8,10-11,17H,3-4,9H2,1-2H3,(H,22,24)/t17-/m0/s1. The van der Waals surface area contributed by atoms with Gasteiger partial charge in [-0.15, -0.1) is 0 Å². The van der Waals surface area contributed by atoms with Gasteiger partial charge in [0, 0.05) is 18.3 Å². The van der Waals surface area contributed by atoms with Crippen LogP contribution in [0.1, 0.15) is 18.4 Å². The summed E-state index contributed by atoms with van der Waals surface area (Å²) in [6, 6.07) is 8.79. The summed E-state index contributed by atoms with van der Waals surface area (Å²) in [4.78, 5) is 12.9. The van der Waals surface area contributed by atoms with Crippen LogP contribution in [0.3, 0.4) is 0 Å². The summed E-state index contributed by atoms with van der Waals surface area (Å²) in [5.41, 5.74) is 1.05. The Morgan fingerprint density at radius 1 is 1.18 bits per heavy atom. The number of carbonyl (C=O) groups excluding carboxylic acids is 1. The number of methoxy groups -OCH3 is 1. The number of hydrogen-bond acceptors (Lipinski definition) is 4. The van der Waals surface area contributed by atoms with Crippen molar-refractivity contribution in [3.63, 3.8) is 0 Å². The van der Waals surface area contributed by atoms with Crippen molar-refractivity contribution in [2.45, 2.75) is 30.7 Å². The molecule has 1 heterocycles. The van der Waals surface area contributed by atoms with Gasteiger partial charge < -0.3 is 10.1 Å². The van der Waals surface area contributed by atoms with Crippen molar-refractivity contribution < 1.29 is 17.9 Å². The van der Waals surface area contributed by atoms with Crippen LogP contribution in [-0.2, 0) is 14.8 Å². The molecule has 0 bridgehead atoms. The van der Waals surface area contributed by atoms with E-state index in [1.807, 2.05) is 0 Å². The number of anilines is 1. The minimum Gasteiger partial charge on any atom is -0.497 e. The molecule has 0 aromatic heterocycles. The van der Waals surface area contributed by atoms with E-state index in [-0.39, 0.29) is 11.4 Å². The van der Waals surface area contributed by atoms with Gasteiger partial charge in [-0.1, -0.05) is 29.3 Å². The lowest BCUT2D eigenvalue weighted by Gasteiger charge is -2.24. The molecule has 1 atom stereocenters. The number of benzene rings is 2. The van der Waals surface area contributed by atoms with Crippen molar-refractivity contribution in [3.8, 4) is 5.75 Å². The van der Waals surface area contributed by atoms with Crippen molar-refractivity contribution in [1.29, 1.82) is 0 Å². The van der Waals surface area contributed by atoms with Crippen molar-refractivity contribution in [2.75, 3.05) is 19.0 Å². The molecule has 1 aliphatic rings. The lowest BCUT2D eigenvalue weighted by atomic mass is 10.2. The molecule has 1 N–H and O–H groups in total. The minimum atomic E-state index is -3.86. The third kappa shape index (κ3) is 4.12. The molecular weight excluding hydrogens is 423 g/mol. The van der Waals surface area contributed by atoms with Crippen molar-refractivity contribution in [1.82, 2.24) is 4.31 Å². The van der Waals surface area contributed by atoms with Gasteiger partial charge in [0.25, 0.3) is 0 Å². The van der Waals surface area contributed by atoms with Crippen LogP contribution in [-0.4, -0.2) is 38.3 Å². The maximum atomic E-state index is 13.2. The lowest BCUT2D eigenvalue weighted by molar-refractivity contribution is -0.119. The summed E-state index contributed by atoms with van der Waals surface area (Å²) >= 11 is 11.9.